The third kappa shape index (κ3) is 2.21. The molecule has 0 saturated heterocycles. The maximum absolute atomic E-state index is 11.0. The molecule has 0 unspecified atom stereocenters. The predicted octanol–water partition coefficient (Wildman–Crippen LogP) is 3.06. The molecule has 0 radical (unpaired) electrons. The highest BCUT2D eigenvalue weighted by Crippen LogP contribution is 2.29. The van der Waals surface area contributed by atoms with Crippen molar-refractivity contribution in [2.45, 2.75) is 6.92 Å². The van der Waals surface area contributed by atoms with E-state index >= 15 is 0 Å². The fourth-order valence-corrected chi connectivity index (χ4v) is 1.63. The molecule has 4 nitrogen and oxygen atoms in total. The standard InChI is InChI=1S/C8H5ClINO3/c1-4(12)5-2-6(9)8(10)7(3-5)11(13)14/h2-3H,1H3. The second-order valence-electron chi connectivity index (χ2n) is 2.60. The van der Waals surface area contributed by atoms with Crippen LogP contribution in [0.1, 0.15) is 17.3 Å². The summed E-state index contributed by atoms with van der Waals surface area (Å²) in [6, 6.07) is 2.66. The highest BCUT2D eigenvalue weighted by molar-refractivity contribution is 14.1. The van der Waals surface area contributed by atoms with Gasteiger partial charge in [0.15, 0.2) is 5.78 Å². The van der Waals surface area contributed by atoms with E-state index in [1.54, 1.807) is 22.6 Å². The lowest BCUT2D eigenvalue weighted by Crippen LogP contribution is -1.98. The average Bonchev–Trinajstić information content (AvgIpc) is 2.08. The van der Waals surface area contributed by atoms with Crippen LogP contribution in [0.5, 0.6) is 0 Å². The van der Waals surface area contributed by atoms with Crippen LogP contribution < -0.4 is 0 Å². The topological polar surface area (TPSA) is 60.2 Å². The van der Waals surface area contributed by atoms with E-state index in [2.05, 4.69) is 0 Å². The molecule has 1 aromatic carbocycles. The van der Waals surface area contributed by atoms with Crippen molar-refractivity contribution in [2.24, 2.45) is 0 Å². The van der Waals surface area contributed by atoms with Crippen molar-refractivity contribution in [1.29, 1.82) is 0 Å². The van der Waals surface area contributed by atoms with Gasteiger partial charge in [-0.1, -0.05) is 11.6 Å². The van der Waals surface area contributed by atoms with Gasteiger partial charge in [0.2, 0.25) is 0 Å². The van der Waals surface area contributed by atoms with Gasteiger partial charge < -0.3 is 0 Å². The molecule has 0 atom stereocenters. The number of carbonyl (C=O) groups is 1. The van der Waals surface area contributed by atoms with E-state index < -0.39 is 4.92 Å². The lowest BCUT2D eigenvalue weighted by atomic mass is 10.1. The number of hydrogen-bond donors (Lipinski definition) is 0. The number of nitro benzene ring substituents is 1. The van der Waals surface area contributed by atoms with E-state index in [0.29, 0.717) is 3.57 Å². The Bertz CT molecular complexity index is 419. The SMILES string of the molecule is CC(=O)c1cc(Cl)c(I)c([N+](=O)[O-])c1. The van der Waals surface area contributed by atoms with E-state index in [-0.39, 0.29) is 22.1 Å². The van der Waals surface area contributed by atoms with Crippen molar-refractivity contribution in [3.05, 3.63) is 36.4 Å². The summed E-state index contributed by atoms with van der Waals surface area (Å²) in [6.07, 6.45) is 0. The number of carbonyl (C=O) groups excluding carboxylic acids is 1. The summed E-state index contributed by atoms with van der Waals surface area (Å²) in [6.45, 7) is 1.34. The zero-order valence-corrected chi connectivity index (χ0v) is 10.00. The summed E-state index contributed by atoms with van der Waals surface area (Å²) < 4.78 is 0.347. The van der Waals surface area contributed by atoms with Crippen molar-refractivity contribution in [3.8, 4) is 0 Å². The average molecular weight is 325 g/mol. The molecule has 0 spiro atoms. The summed E-state index contributed by atoms with van der Waals surface area (Å²) in [5.74, 6) is -0.244. The van der Waals surface area contributed by atoms with Gasteiger partial charge >= 0.3 is 0 Å². The first-order valence-electron chi connectivity index (χ1n) is 3.58. The quantitative estimate of drug-likeness (QED) is 0.363. The molecular weight excluding hydrogens is 320 g/mol. The Hall–Kier alpha value is -0.690. The van der Waals surface area contributed by atoms with Crippen molar-refractivity contribution in [1.82, 2.24) is 0 Å². The van der Waals surface area contributed by atoms with E-state index in [1.165, 1.54) is 19.1 Å². The number of benzene rings is 1. The van der Waals surface area contributed by atoms with Gasteiger partial charge in [-0.05, 0) is 35.6 Å². The number of nitro groups is 1. The third-order valence-corrected chi connectivity index (χ3v) is 3.36. The van der Waals surface area contributed by atoms with Gasteiger partial charge in [-0.15, -0.1) is 0 Å². The summed E-state index contributed by atoms with van der Waals surface area (Å²) in [7, 11) is 0. The molecule has 1 aromatic rings. The van der Waals surface area contributed by atoms with Crippen LogP contribution in [-0.4, -0.2) is 10.7 Å². The van der Waals surface area contributed by atoms with Crippen LogP contribution in [0.3, 0.4) is 0 Å². The van der Waals surface area contributed by atoms with Crippen LogP contribution in [0.15, 0.2) is 12.1 Å². The first kappa shape index (κ1) is 11.4. The predicted molar refractivity (Wildman–Crippen MR) is 60.8 cm³/mol. The second kappa shape index (κ2) is 4.22. The number of hydrogen-bond acceptors (Lipinski definition) is 3. The van der Waals surface area contributed by atoms with Crippen molar-refractivity contribution in [2.75, 3.05) is 0 Å². The number of nitrogens with zero attached hydrogens (tertiary/aromatic N) is 1. The monoisotopic (exact) mass is 325 g/mol. The fourth-order valence-electron chi connectivity index (χ4n) is 0.911. The minimum atomic E-state index is -0.555. The lowest BCUT2D eigenvalue weighted by molar-refractivity contribution is -0.385. The first-order chi connectivity index (χ1) is 6.43. The summed E-state index contributed by atoms with van der Waals surface area (Å²) in [4.78, 5) is 21.0. The Morgan fingerprint density at radius 3 is 2.57 bits per heavy atom. The molecule has 0 aromatic heterocycles. The van der Waals surface area contributed by atoms with Gasteiger partial charge in [-0.2, -0.15) is 0 Å². The second-order valence-corrected chi connectivity index (χ2v) is 4.09. The summed E-state index contributed by atoms with van der Waals surface area (Å²) in [5.41, 5.74) is 0.116. The summed E-state index contributed by atoms with van der Waals surface area (Å²) in [5, 5.41) is 10.8. The van der Waals surface area contributed by atoms with Crippen LogP contribution in [0.25, 0.3) is 0 Å². The minimum absolute atomic E-state index is 0.136. The molecule has 0 aliphatic rings. The molecule has 0 bridgehead atoms. The molecule has 0 heterocycles. The molecule has 0 aliphatic heterocycles. The highest BCUT2D eigenvalue weighted by Gasteiger charge is 2.17. The Labute approximate surface area is 98.5 Å². The van der Waals surface area contributed by atoms with Gasteiger partial charge in [-0.25, -0.2) is 0 Å². The van der Waals surface area contributed by atoms with Crippen molar-refractivity contribution >= 4 is 45.7 Å². The Balaban J connectivity index is 3.43. The van der Waals surface area contributed by atoms with Crippen LogP contribution >= 0.6 is 34.2 Å². The van der Waals surface area contributed by atoms with E-state index in [9.17, 15) is 14.9 Å². The Morgan fingerprint density at radius 2 is 2.14 bits per heavy atom. The van der Waals surface area contributed by atoms with Crippen LogP contribution in [0, 0.1) is 13.7 Å². The molecule has 14 heavy (non-hydrogen) atoms. The van der Waals surface area contributed by atoms with E-state index in [4.69, 9.17) is 11.6 Å². The van der Waals surface area contributed by atoms with Gasteiger partial charge in [0.05, 0.1) is 9.95 Å². The largest absolute Gasteiger partial charge is 0.295 e. The van der Waals surface area contributed by atoms with Gasteiger partial charge in [-0.3, -0.25) is 14.9 Å². The molecule has 0 aliphatic carbocycles. The minimum Gasteiger partial charge on any atom is -0.295 e. The smallest absolute Gasteiger partial charge is 0.284 e. The molecule has 74 valence electrons. The maximum atomic E-state index is 11.0. The zero-order valence-electron chi connectivity index (χ0n) is 7.08. The number of halogens is 2. The fraction of sp³-hybridized carbons (Fsp3) is 0.125. The normalized spacial score (nSPS) is 9.93. The lowest BCUT2D eigenvalue weighted by Gasteiger charge is -2.01. The Kier molecular flexibility index (Phi) is 3.43. The molecular formula is C8H5ClINO3. The van der Waals surface area contributed by atoms with Crippen molar-refractivity contribution < 1.29 is 9.72 Å². The van der Waals surface area contributed by atoms with Gasteiger partial charge in [0.1, 0.15) is 3.57 Å². The molecule has 0 saturated carbocycles. The number of rotatable bonds is 2. The van der Waals surface area contributed by atoms with Crippen LogP contribution in [-0.2, 0) is 0 Å². The van der Waals surface area contributed by atoms with E-state index in [0.717, 1.165) is 0 Å². The highest BCUT2D eigenvalue weighted by atomic mass is 127. The summed E-state index contributed by atoms with van der Waals surface area (Å²) >= 11 is 7.52. The Morgan fingerprint density at radius 1 is 1.57 bits per heavy atom. The van der Waals surface area contributed by atoms with Crippen LogP contribution in [0.4, 0.5) is 5.69 Å². The molecule has 0 N–H and O–H groups in total. The molecule has 0 fully saturated rings. The molecule has 6 heteroatoms. The zero-order chi connectivity index (χ0) is 10.9. The van der Waals surface area contributed by atoms with E-state index in [1.807, 2.05) is 0 Å². The van der Waals surface area contributed by atoms with Gasteiger partial charge in [0, 0.05) is 11.6 Å². The number of ketones is 1. The first-order valence-corrected chi connectivity index (χ1v) is 5.03. The van der Waals surface area contributed by atoms with Gasteiger partial charge in [0.25, 0.3) is 5.69 Å². The third-order valence-electron chi connectivity index (χ3n) is 1.61. The molecule has 1 rings (SSSR count). The van der Waals surface area contributed by atoms with Crippen LogP contribution in [0.2, 0.25) is 5.02 Å². The molecule has 0 amide bonds. The number of Topliss-reactive ketones (excluding diaryl/α,β-unsaturated/α-hetero) is 1. The maximum Gasteiger partial charge on any atom is 0.284 e. The van der Waals surface area contributed by atoms with Crippen molar-refractivity contribution in [3.63, 3.8) is 0 Å².